The van der Waals surface area contributed by atoms with Gasteiger partial charge in [0, 0.05) is 15.5 Å². The van der Waals surface area contributed by atoms with Crippen molar-refractivity contribution in [3.63, 3.8) is 0 Å². The third-order valence-electron chi connectivity index (χ3n) is 2.99. The quantitative estimate of drug-likeness (QED) is 0.866. The van der Waals surface area contributed by atoms with Gasteiger partial charge in [0.25, 0.3) is 0 Å². The molecular weight excluding hydrogens is 310 g/mol. The minimum Gasteiger partial charge on any atom is -0.313 e. The van der Waals surface area contributed by atoms with Gasteiger partial charge < -0.3 is 5.32 Å². The molecule has 94 valence electrons. The third-order valence-corrected chi connectivity index (χ3v) is 3.83. The zero-order chi connectivity index (χ0) is 13.0. The predicted molar refractivity (Wildman–Crippen MR) is 81.1 cm³/mol. The number of hydrogen-bond donors (Lipinski definition) is 1. The van der Waals surface area contributed by atoms with Crippen molar-refractivity contribution in [1.29, 1.82) is 0 Å². The van der Waals surface area contributed by atoms with E-state index in [2.05, 4.69) is 51.6 Å². The average Bonchev–Trinajstić information content (AvgIpc) is 2.39. The van der Waals surface area contributed by atoms with Crippen LogP contribution in [0.4, 0.5) is 0 Å². The van der Waals surface area contributed by atoms with Crippen LogP contribution >= 0.6 is 27.5 Å². The zero-order valence-corrected chi connectivity index (χ0v) is 12.5. The van der Waals surface area contributed by atoms with Crippen molar-refractivity contribution in [2.75, 3.05) is 7.05 Å². The fourth-order valence-electron chi connectivity index (χ4n) is 1.98. The highest BCUT2D eigenvalue weighted by molar-refractivity contribution is 9.10. The highest BCUT2D eigenvalue weighted by Crippen LogP contribution is 2.26. The zero-order valence-electron chi connectivity index (χ0n) is 10.2. The molecule has 0 bridgehead atoms. The first-order chi connectivity index (χ1) is 8.70. The van der Waals surface area contributed by atoms with Crippen LogP contribution in [0, 0.1) is 0 Å². The van der Waals surface area contributed by atoms with Crippen molar-refractivity contribution < 1.29 is 0 Å². The smallest absolute Gasteiger partial charge is 0.0449 e. The first kappa shape index (κ1) is 13.6. The van der Waals surface area contributed by atoms with Gasteiger partial charge >= 0.3 is 0 Å². The number of hydrogen-bond acceptors (Lipinski definition) is 1. The third kappa shape index (κ3) is 3.35. The largest absolute Gasteiger partial charge is 0.313 e. The average molecular weight is 325 g/mol. The van der Waals surface area contributed by atoms with Crippen LogP contribution in [0.3, 0.4) is 0 Å². The van der Waals surface area contributed by atoms with Gasteiger partial charge in [-0.15, -0.1) is 0 Å². The number of nitrogens with one attached hydrogen (secondary N) is 1. The summed E-state index contributed by atoms with van der Waals surface area (Å²) in [6.07, 6.45) is 0.882. The van der Waals surface area contributed by atoms with Crippen LogP contribution in [-0.4, -0.2) is 7.05 Å². The normalized spacial score (nSPS) is 12.4. The summed E-state index contributed by atoms with van der Waals surface area (Å²) in [4.78, 5) is 0. The van der Waals surface area contributed by atoms with Gasteiger partial charge in [0.05, 0.1) is 0 Å². The molecule has 0 saturated heterocycles. The highest BCUT2D eigenvalue weighted by atomic mass is 79.9. The standard InChI is InChI=1S/C15H15BrClN/c1-18-15(11-5-3-2-4-6-11)9-12-7-8-13(16)10-14(12)17/h2-8,10,15,18H,9H2,1H3. The molecule has 18 heavy (non-hydrogen) atoms. The topological polar surface area (TPSA) is 12.0 Å². The summed E-state index contributed by atoms with van der Waals surface area (Å²) in [5, 5.41) is 4.14. The molecule has 1 N–H and O–H groups in total. The predicted octanol–water partition coefficient (Wildman–Crippen LogP) is 4.61. The molecule has 0 radical (unpaired) electrons. The van der Waals surface area contributed by atoms with Gasteiger partial charge in [-0.05, 0) is 36.7 Å². The Bertz CT molecular complexity index is 513. The second-order valence-corrected chi connectivity index (χ2v) is 5.51. The van der Waals surface area contributed by atoms with Crippen LogP contribution in [0.5, 0.6) is 0 Å². The molecule has 0 aromatic heterocycles. The molecule has 1 unspecified atom stereocenters. The van der Waals surface area contributed by atoms with E-state index >= 15 is 0 Å². The highest BCUT2D eigenvalue weighted by Gasteiger charge is 2.11. The molecule has 1 atom stereocenters. The number of rotatable bonds is 4. The van der Waals surface area contributed by atoms with E-state index in [1.807, 2.05) is 25.2 Å². The Morgan fingerprint density at radius 1 is 1.17 bits per heavy atom. The molecule has 0 spiro atoms. The second-order valence-electron chi connectivity index (χ2n) is 4.19. The maximum Gasteiger partial charge on any atom is 0.0449 e. The van der Waals surface area contributed by atoms with Crippen molar-refractivity contribution in [1.82, 2.24) is 5.32 Å². The summed E-state index contributed by atoms with van der Waals surface area (Å²) < 4.78 is 1.01. The molecule has 0 heterocycles. The number of benzene rings is 2. The molecule has 3 heteroatoms. The molecule has 0 aliphatic rings. The Morgan fingerprint density at radius 2 is 1.89 bits per heavy atom. The van der Waals surface area contributed by atoms with E-state index in [4.69, 9.17) is 11.6 Å². The van der Waals surface area contributed by atoms with E-state index in [-0.39, 0.29) is 6.04 Å². The van der Waals surface area contributed by atoms with Gasteiger partial charge in [-0.2, -0.15) is 0 Å². The van der Waals surface area contributed by atoms with Crippen molar-refractivity contribution in [2.24, 2.45) is 0 Å². The van der Waals surface area contributed by atoms with Gasteiger partial charge in [0.15, 0.2) is 0 Å². The molecular formula is C15H15BrClN. The van der Waals surface area contributed by atoms with Crippen molar-refractivity contribution >= 4 is 27.5 Å². The van der Waals surface area contributed by atoms with Gasteiger partial charge in [-0.3, -0.25) is 0 Å². The molecule has 1 nitrogen and oxygen atoms in total. The van der Waals surface area contributed by atoms with E-state index in [1.54, 1.807) is 0 Å². The maximum atomic E-state index is 6.26. The van der Waals surface area contributed by atoms with E-state index in [1.165, 1.54) is 5.56 Å². The van der Waals surface area contributed by atoms with Gasteiger partial charge in [-0.1, -0.05) is 63.9 Å². The molecule has 0 aliphatic carbocycles. The Labute approximate surface area is 121 Å². The van der Waals surface area contributed by atoms with Crippen molar-refractivity contribution in [3.05, 3.63) is 69.2 Å². The summed E-state index contributed by atoms with van der Waals surface area (Å²) in [6.45, 7) is 0. The first-order valence-corrected chi connectivity index (χ1v) is 7.04. The summed E-state index contributed by atoms with van der Waals surface area (Å²) in [5.74, 6) is 0. The maximum absolute atomic E-state index is 6.26. The lowest BCUT2D eigenvalue weighted by Gasteiger charge is -2.17. The Kier molecular flexibility index (Phi) is 4.81. The fraction of sp³-hybridized carbons (Fsp3) is 0.200. The van der Waals surface area contributed by atoms with Crippen LogP contribution in [0.1, 0.15) is 17.2 Å². The van der Waals surface area contributed by atoms with Gasteiger partial charge in [-0.25, -0.2) is 0 Å². The van der Waals surface area contributed by atoms with E-state index < -0.39 is 0 Å². The van der Waals surface area contributed by atoms with Crippen LogP contribution < -0.4 is 5.32 Å². The molecule has 0 aliphatic heterocycles. The summed E-state index contributed by atoms with van der Waals surface area (Å²) in [6, 6.07) is 16.7. The van der Waals surface area contributed by atoms with Gasteiger partial charge in [0.1, 0.15) is 0 Å². The molecule has 0 saturated carbocycles. The minimum absolute atomic E-state index is 0.282. The number of halogens is 2. The number of likely N-dealkylation sites (N-methyl/N-ethyl adjacent to an activating group) is 1. The fourth-order valence-corrected chi connectivity index (χ4v) is 2.73. The van der Waals surface area contributed by atoms with E-state index in [0.717, 1.165) is 21.5 Å². The van der Waals surface area contributed by atoms with Crippen molar-refractivity contribution in [3.8, 4) is 0 Å². The first-order valence-electron chi connectivity index (χ1n) is 5.87. The molecule has 2 aromatic rings. The van der Waals surface area contributed by atoms with Crippen LogP contribution in [-0.2, 0) is 6.42 Å². The summed E-state index contributed by atoms with van der Waals surface area (Å²) in [5.41, 5.74) is 2.43. The lowest BCUT2D eigenvalue weighted by molar-refractivity contribution is 0.592. The minimum atomic E-state index is 0.282. The monoisotopic (exact) mass is 323 g/mol. The molecule has 0 fully saturated rings. The summed E-state index contributed by atoms with van der Waals surface area (Å²) >= 11 is 9.68. The Balaban J connectivity index is 2.21. The van der Waals surface area contributed by atoms with Crippen LogP contribution in [0.25, 0.3) is 0 Å². The Hall–Kier alpha value is -0.830. The Morgan fingerprint density at radius 3 is 2.50 bits per heavy atom. The van der Waals surface area contributed by atoms with Crippen molar-refractivity contribution in [2.45, 2.75) is 12.5 Å². The molecule has 2 rings (SSSR count). The van der Waals surface area contributed by atoms with Gasteiger partial charge in [0.2, 0.25) is 0 Å². The lowest BCUT2D eigenvalue weighted by atomic mass is 9.99. The van der Waals surface area contributed by atoms with E-state index in [0.29, 0.717) is 0 Å². The van der Waals surface area contributed by atoms with Crippen LogP contribution in [0.15, 0.2) is 53.0 Å². The SMILES string of the molecule is CNC(Cc1ccc(Br)cc1Cl)c1ccccc1. The molecule has 2 aromatic carbocycles. The lowest BCUT2D eigenvalue weighted by Crippen LogP contribution is -2.18. The second kappa shape index (κ2) is 6.37. The van der Waals surface area contributed by atoms with Crippen LogP contribution in [0.2, 0.25) is 5.02 Å². The summed E-state index contributed by atoms with van der Waals surface area (Å²) in [7, 11) is 1.98. The van der Waals surface area contributed by atoms with E-state index in [9.17, 15) is 0 Å². The molecule has 0 amide bonds.